The Kier molecular flexibility index (Phi) is 16.0. The summed E-state index contributed by atoms with van der Waals surface area (Å²) in [5.41, 5.74) is 4.58. The molecular formula is C28H38BrClMgN6O4. The van der Waals surface area contributed by atoms with E-state index >= 15 is 0 Å². The summed E-state index contributed by atoms with van der Waals surface area (Å²) in [6, 6.07) is 0. The molecule has 0 aromatic carbocycles. The molecular weight excluding hydrogens is 624 g/mol. The van der Waals surface area contributed by atoms with E-state index in [0.29, 0.717) is 34.5 Å². The van der Waals surface area contributed by atoms with E-state index in [9.17, 15) is 9.59 Å². The van der Waals surface area contributed by atoms with Crippen LogP contribution in [0, 0.1) is 19.8 Å². The van der Waals surface area contributed by atoms with Gasteiger partial charge in [-0.1, -0.05) is 20.8 Å². The van der Waals surface area contributed by atoms with Gasteiger partial charge in [0.2, 0.25) is 0 Å². The van der Waals surface area contributed by atoms with E-state index in [-0.39, 0.29) is 46.8 Å². The van der Waals surface area contributed by atoms with Gasteiger partial charge in [0.25, 0.3) is 0 Å². The number of carbonyl (C=O) groups is 2. The van der Waals surface area contributed by atoms with Gasteiger partial charge in [0.05, 0.1) is 65.0 Å². The molecule has 4 aromatic rings. The quantitative estimate of drug-likeness (QED) is 0.187. The van der Waals surface area contributed by atoms with Gasteiger partial charge in [-0.3, -0.25) is 0 Å². The zero-order chi connectivity index (χ0) is 29.5. The van der Waals surface area contributed by atoms with E-state index < -0.39 is 5.97 Å². The average Bonchev–Trinajstić information content (AvgIpc) is 3.39. The number of fused-ring (bicyclic) bond motifs is 2. The summed E-state index contributed by atoms with van der Waals surface area (Å²) in [6.07, 6.45) is 6.66. The Balaban J connectivity index is 0.000000668. The van der Waals surface area contributed by atoms with Gasteiger partial charge in [0.1, 0.15) is 0 Å². The van der Waals surface area contributed by atoms with Crippen LogP contribution in [0.25, 0.3) is 11.3 Å². The van der Waals surface area contributed by atoms with Gasteiger partial charge in [0, 0.05) is 5.56 Å². The SMILES string of the molecule is CCOC(=O)c1cnn2cc(C)nc2c1Br.CCOC(=O)c1cnn2cc(C)nc2c1C(C)(C)C.C[C-](C)C.[Cl-].[Mg+2]. The second kappa shape index (κ2) is 17.0. The summed E-state index contributed by atoms with van der Waals surface area (Å²) in [5, 5.41) is 8.32. The predicted octanol–water partition coefficient (Wildman–Crippen LogP) is 2.73. The zero-order valence-corrected chi connectivity index (χ0v) is 29.3. The van der Waals surface area contributed by atoms with Gasteiger partial charge < -0.3 is 27.8 Å². The topological polar surface area (TPSA) is 113 Å². The normalized spacial score (nSPS) is 10.5. The molecule has 0 radical (unpaired) electrons. The summed E-state index contributed by atoms with van der Waals surface area (Å²) in [7, 11) is 0. The third-order valence-electron chi connectivity index (χ3n) is 4.91. The van der Waals surface area contributed by atoms with Gasteiger partial charge in [-0.2, -0.15) is 31.0 Å². The summed E-state index contributed by atoms with van der Waals surface area (Å²) in [4.78, 5) is 32.4. The van der Waals surface area contributed by atoms with Gasteiger partial charge in [-0.05, 0) is 49.0 Å². The number of carbonyl (C=O) groups excluding carboxylic acids is 2. The number of halogens is 2. The van der Waals surface area contributed by atoms with Gasteiger partial charge in [-0.25, -0.2) is 28.6 Å². The Morgan fingerprint density at radius 2 is 1.24 bits per heavy atom. The largest absolute Gasteiger partial charge is 2.00 e. The molecule has 220 valence electrons. The van der Waals surface area contributed by atoms with Crippen molar-refractivity contribution in [1.82, 2.24) is 29.2 Å². The molecule has 0 amide bonds. The maximum atomic E-state index is 12.1. The molecule has 0 spiro atoms. The minimum Gasteiger partial charge on any atom is -1.00 e. The van der Waals surface area contributed by atoms with Crippen molar-refractivity contribution in [2.45, 2.75) is 74.7 Å². The fourth-order valence-electron chi connectivity index (χ4n) is 3.52. The second-order valence-corrected chi connectivity index (χ2v) is 11.1. The van der Waals surface area contributed by atoms with Crippen molar-refractivity contribution in [1.29, 1.82) is 0 Å². The van der Waals surface area contributed by atoms with E-state index in [1.807, 2.05) is 20.0 Å². The molecule has 0 atom stereocenters. The smallest absolute Gasteiger partial charge is 1.00 e. The number of rotatable bonds is 4. The first kappa shape index (κ1) is 38.7. The number of hydrogen-bond acceptors (Lipinski definition) is 8. The Morgan fingerprint density at radius 3 is 1.68 bits per heavy atom. The number of nitrogens with zero attached hydrogens (tertiary/aromatic N) is 6. The van der Waals surface area contributed by atoms with Crippen LogP contribution in [0.2, 0.25) is 0 Å². The molecule has 0 aliphatic rings. The molecule has 41 heavy (non-hydrogen) atoms. The van der Waals surface area contributed by atoms with Crippen molar-refractivity contribution in [2.75, 3.05) is 13.2 Å². The average molecular weight is 662 g/mol. The number of aromatic nitrogens is 6. The van der Waals surface area contributed by atoms with E-state index in [4.69, 9.17) is 9.47 Å². The molecule has 0 aliphatic heterocycles. The molecule has 0 N–H and O–H groups in total. The molecule has 4 rings (SSSR count). The Labute approximate surface area is 272 Å². The van der Waals surface area contributed by atoms with Crippen LogP contribution in [0.3, 0.4) is 0 Å². The van der Waals surface area contributed by atoms with Crippen LogP contribution >= 0.6 is 15.9 Å². The van der Waals surface area contributed by atoms with Crippen molar-refractivity contribution < 1.29 is 31.5 Å². The maximum absolute atomic E-state index is 12.1. The zero-order valence-electron chi connectivity index (χ0n) is 25.5. The van der Waals surface area contributed by atoms with Crippen molar-refractivity contribution in [3.8, 4) is 0 Å². The Hall–Kier alpha value is -2.28. The minimum atomic E-state index is -0.398. The minimum absolute atomic E-state index is 0. The maximum Gasteiger partial charge on any atom is 2.00 e. The summed E-state index contributed by atoms with van der Waals surface area (Å²) in [6.45, 7) is 20.4. The Bertz CT molecular complexity index is 1450. The fraction of sp³-hybridized carbons (Fsp3) is 0.464. The first-order chi connectivity index (χ1) is 18.2. The third-order valence-corrected chi connectivity index (χ3v) is 5.69. The molecule has 13 heteroatoms. The first-order valence-electron chi connectivity index (χ1n) is 12.7. The molecule has 0 saturated heterocycles. The molecule has 0 unspecified atom stereocenters. The van der Waals surface area contributed by atoms with E-state index in [2.05, 4.69) is 77.6 Å². The first-order valence-corrected chi connectivity index (χ1v) is 13.5. The number of aryl methyl sites for hydroxylation is 2. The van der Waals surface area contributed by atoms with Crippen LogP contribution < -0.4 is 12.4 Å². The van der Waals surface area contributed by atoms with E-state index in [1.54, 1.807) is 35.3 Å². The second-order valence-electron chi connectivity index (χ2n) is 10.3. The van der Waals surface area contributed by atoms with Crippen molar-refractivity contribution in [3.63, 3.8) is 0 Å². The number of hydrogen-bond donors (Lipinski definition) is 0. The molecule has 0 bridgehead atoms. The molecule has 0 fully saturated rings. The fourth-order valence-corrected chi connectivity index (χ4v) is 4.06. The molecule has 4 heterocycles. The Morgan fingerprint density at radius 1 is 0.854 bits per heavy atom. The van der Waals surface area contributed by atoms with Crippen LogP contribution in [0.15, 0.2) is 29.3 Å². The number of esters is 2. The summed E-state index contributed by atoms with van der Waals surface area (Å²) >= 11 is 3.34. The van der Waals surface area contributed by atoms with Crippen LogP contribution in [0.4, 0.5) is 0 Å². The third kappa shape index (κ3) is 10.5. The van der Waals surface area contributed by atoms with E-state index in [0.717, 1.165) is 22.6 Å². The van der Waals surface area contributed by atoms with Gasteiger partial charge in [-0.15, -0.1) is 0 Å². The van der Waals surface area contributed by atoms with Gasteiger partial charge >= 0.3 is 35.0 Å². The van der Waals surface area contributed by atoms with Crippen LogP contribution in [0.5, 0.6) is 0 Å². The van der Waals surface area contributed by atoms with E-state index in [1.165, 1.54) is 12.1 Å². The number of imidazole rings is 2. The predicted molar refractivity (Wildman–Crippen MR) is 160 cm³/mol. The van der Waals surface area contributed by atoms with Crippen LogP contribution in [0.1, 0.15) is 93.1 Å². The number of ether oxygens (including phenoxy) is 2. The van der Waals surface area contributed by atoms with Gasteiger partial charge in [0.15, 0.2) is 11.3 Å². The monoisotopic (exact) mass is 660 g/mol. The van der Waals surface area contributed by atoms with Crippen molar-refractivity contribution in [3.05, 3.63) is 63.3 Å². The van der Waals surface area contributed by atoms with Crippen molar-refractivity contribution >= 4 is 62.2 Å². The summed E-state index contributed by atoms with van der Waals surface area (Å²) < 4.78 is 13.9. The standard InChI is InChI=1S/C14H19N3O2.C10H10BrN3O2.C4H9.ClH.Mg/c1-6-19-13(18)10-7-15-17-8-9(2)16-12(17)11(10)14(3,4)5;1-3-16-10(15)7-4-12-14-5-6(2)13-9(14)8(7)11;1-4(2)3;;/h7-8H,6H2,1-5H3;4-5H,3H2,1-2H3;1-3H3;1H;/q;;-1;;+2/p-1. The summed E-state index contributed by atoms with van der Waals surface area (Å²) in [5.74, 6) is 0.674. The molecule has 0 aliphatic carbocycles. The molecule has 0 saturated carbocycles. The van der Waals surface area contributed by atoms with Crippen LogP contribution in [-0.4, -0.2) is 77.4 Å². The molecule has 4 aromatic heterocycles. The van der Waals surface area contributed by atoms with Crippen LogP contribution in [-0.2, 0) is 14.9 Å². The molecule has 10 nitrogen and oxygen atoms in total. The van der Waals surface area contributed by atoms with Crippen molar-refractivity contribution in [2.24, 2.45) is 0 Å².